The van der Waals surface area contributed by atoms with Crippen molar-refractivity contribution < 1.29 is 33.8 Å². The van der Waals surface area contributed by atoms with Gasteiger partial charge in [-0.3, -0.25) is 14.4 Å². The zero-order valence-corrected chi connectivity index (χ0v) is 22.6. The van der Waals surface area contributed by atoms with E-state index in [1.54, 1.807) is 46.8 Å². The summed E-state index contributed by atoms with van der Waals surface area (Å²) in [5, 5.41) is 15.3. The molecule has 3 unspecified atom stereocenters. The van der Waals surface area contributed by atoms with Gasteiger partial charge in [-0.15, -0.1) is 0 Å². The molecule has 202 valence electrons. The smallest absolute Gasteiger partial charge is 0.408 e. The second-order valence-electron chi connectivity index (χ2n) is 9.75. The molecule has 3 N–H and O–H groups in total. The van der Waals surface area contributed by atoms with Crippen LogP contribution in [0, 0.1) is 12.8 Å². The molecule has 1 rings (SSSR count). The Labute approximate surface area is 213 Å². The second kappa shape index (κ2) is 13.7. The largest absolute Gasteiger partial charge is 0.508 e. The molecule has 0 aromatic heterocycles. The fourth-order valence-electron chi connectivity index (χ4n) is 3.48. The monoisotopic (exact) mass is 507 g/mol. The van der Waals surface area contributed by atoms with E-state index in [1.807, 2.05) is 13.8 Å². The van der Waals surface area contributed by atoms with Crippen LogP contribution in [0.5, 0.6) is 5.75 Å². The van der Waals surface area contributed by atoms with Gasteiger partial charge in [0, 0.05) is 13.6 Å². The van der Waals surface area contributed by atoms with Crippen LogP contribution < -0.4 is 10.6 Å². The molecule has 10 nitrogen and oxygen atoms in total. The Bertz CT molecular complexity index is 927. The minimum atomic E-state index is -1.08. The summed E-state index contributed by atoms with van der Waals surface area (Å²) < 4.78 is 10.2. The summed E-state index contributed by atoms with van der Waals surface area (Å²) in [6.45, 7) is 12.5. The maximum Gasteiger partial charge on any atom is 0.408 e. The number of ether oxygens (including phenoxy) is 2. The molecule has 36 heavy (non-hydrogen) atoms. The van der Waals surface area contributed by atoms with Crippen LogP contribution in [-0.2, 0) is 23.9 Å². The van der Waals surface area contributed by atoms with Gasteiger partial charge in [-0.25, -0.2) is 4.79 Å². The normalized spacial score (nSPS) is 13.7. The molecular formula is C26H41N3O7. The standard InChI is InChI=1S/C26H41N3O7/c1-9-16(3)21(28-25(34)36-26(5,6)7)24(33)29(8)22(18-11-12-19(30)17(4)15-18)23(32)27-14-13-20(31)35-10-2/h11-12,15-16,21-22,30H,9-10,13-14H2,1-8H3,(H,27,32)(H,28,34). The van der Waals surface area contributed by atoms with Crippen LogP contribution in [0.15, 0.2) is 18.2 Å². The Morgan fingerprint density at radius 1 is 1.14 bits per heavy atom. The average Bonchev–Trinajstić information content (AvgIpc) is 2.78. The summed E-state index contributed by atoms with van der Waals surface area (Å²) in [6.07, 6.45) is -0.159. The first-order chi connectivity index (χ1) is 16.7. The molecule has 1 aromatic carbocycles. The Balaban J connectivity index is 3.25. The number of nitrogens with one attached hydrogen (secondary N) is 2. The lowest BCUT2D eigenvalue weighted by Gasteiger charge is -2.33. The van der Waals surface area contributed by atoms with E-state index >= 15 is 0 Å². The van der Waals surface area contributed by atoms with Gasteiger partial charge in [0.05, 0.1) is 13.0 Å². The molecular weight excluding hydrogens is 466 g/mol. The van der Waals surface area contributed by atoms with E-state index in [9.17, 15) is 24.3 Å². The molecule has 10 heteroatoms. The lowest BCUT2D eigenvalue weighted by Crippen LogP contribution is -2.54. The zero-order valence-electron chi connectivity index (χ0n) is 22.6. The van der Waals surface area contributed by atoms with Crippen LogP contribution in [0.1, 0.15) is 71.6 Å². The summed E-state index contributed by atoms with van der Waals surface area (Å²) in [4.78, 5) is 52.3. The third-order valence-corrected chi connectivity index (χ3v) is 5.60. The van der Waals surface area contributed by atoms with Gasteiger partial charge in [-0.05, 0) is 63.8 Å². The van der Waals surface area contributed by atoms with Gasteiger partial charge in [0.15, 0.2) is 0 Å². The topological polar surface area (TPSA) is 134 Å². The number of likely N-dealkylation sites (N-methyl/N-ethyl adjacent to an activating group) is 1. The van der Waals surface area contributed by atoms with Crippen LogP contribution >= 0.6 is 0 Å². The number of rotatable bonds is 11. The van der Waals surface area contributed by atoms with Crippen molar-refractivity contribution in [3.05, 3.63) is 29.3 Å². The van der Waals surface area contributed by atoms with Crippen LogP contribution in [0.3, 0.4) is 0 Å². The number of phenols is 1. The van der Waals surface area contributed by atoms with Gasteiger partial charge in [-0.1, -0.05) is 26.3 Å². The molecule has 0 saturated carbocycles. The number of hydrogen-bond acceptors (Lipinski definition) is 7. The highest BCUT2D eigenvalue weighted by molar-refractivity contribution is 5.92. The van der Waals surface area contributed by atoms with E-state index in [2.05, 4.69) is 10.6 Å². The fourth-order valence-corrected chi connectivity index (χ4v) is 3.48. The van der Waals surface area contributed by atoms with Crippen LogP contribution in [0.4, 0.5) is 4.79 Å². The van der Waals surface area contributed by atoms with E-state index in [1.165, 1.54) is 18.0 Å². The first kappa shape index (κ1) is 30.7. The molecule has 1 aromatic rings. The van der Waals surface area contributed by atoms with Gasteiger partial charge in [-0.2, -0.15) is 0 Å². The number of aryl methyl sites for hydroxylation is 1. The van der Waals surface area contributed by atoms with Crippen molar-refractivity contribution in [2.45, 2.75) is 79.0 Å². The van der Waals surface area contributed by atoms with Crippen LogP contribution in [0.2, 0.25) is 0 Å². The number of phenolic OH excluding ortho intramolecular Hbond substituents is 1. The number of hydrogen-bond donors (Lipinski definition) is 3. The van der Waals surface area contributed by atoms with E-state index in [-0.39, 0.29) is 31.2 Å². The van der Waals surface area contributed by atoms with Gasteiger partial charge in [0.1, 0.15) is 23.4 Å². The number of carbonyl (C=O) groups excluding carboxylic acids is 4. The van der Waals surface area contributed by atoms with Crippen molar-refractivity contribution in [1.29, 1.82) is 0 Å². The van der Waals surface area contributed by atoms with Crippen molar-refractivity contribution >= 4 is 23.9 Å². The summed E-state index contributed by atoms with van der Waals surface area (Å²) >= 11 is 0. The Kier molecular flexibility index (Phi) is 11.7. The van der Waals surface area contributed by atoms with Crippen molar-refractivity contribution in [2.75, 3.05) is 20.2 Å². The van der Waals surface area contributed by atoms with Crippen LogP contribution in [-0.4, -0.2) is 65.7 Å². The molecule has 0 bridgehead atoms. The minimum absolute atomic E-state index is 0.0196. The molecule has 0 fully saturated rings. The molecule has 3 atom stereocenters. The molecule has 3 amide bonds. The van der Waals surface area contributed by atoms with Crippen LogP contribution in [0.25, 0.3) is 0 Å². The number of aromatic hydroxyl groups is 1. The third kappa shape index (κ3) is 9.39. The van der Waals surface area contributed by atoms with E-state index in [4.69, 9.17) is 9.47 Å². The predicted octanol–water partition coefficient (Wildman–Crippen LogP) is 3.21. The maximum atomic E-state index is 13.6. The third-order valence-electron chi connectivity index (χ3n) is 5.60. The first-order valence-electron chi connectivity index (χ1n) is 12.2. The molecule has 0 heterocycles. The maximum absolute atomic E-state index is 13.6. The molecule has 0 aliphatic carbocycles. The lowest BCUT2D eigenvalue weighted by molar-refractivity contribution is -0.144. The number of amides is 3. The number of alkyl carbamates (subject to hydrolysis) is 1. The Morgan fingerprint density at radius 2 is 1.78 bits per heavy atom. The highest BCUT2D eigenvalue weighted by Gasteiger charge is 2.36. The molecule has 0 aliphatic heterocycles. The number of benzene rings is 1. The van der Waals surface area contributed by atoms with Crippen molar-refractivity contribution in [3.63, 3.8) is 0 Å². The number of esters is 1. The molecule has 0 spiro atoms. The van der Waals surface area contributed by atoms with Gasteiger partial charge >= 0.3 is 12.1 Å². The average molecular weight is 508 g/mol. The van der Waals surface area contributed by atoms with Gasteiger partial charge in [0.2, 0.25) is 11.8 Å². The van der Waals surface area contributed by atoms with Gasteiger partial charge in [0.25, 0.3) is 0 Å². The van der Waals surface area contributed by atoms with E-state index in [0.717, 1.165) is 0 Å². The molecule has 0 aliphatic rings. The highest BCUT2D eigenvalue weighted by Crippen LogP contribution is 2.27. The number of carbonyl (C=O) groups is 4. The van der Waals surface area contributed by atoms with Crippen molar-refractivity contribution in [2.24, 2.45) is 5.92 Å². The summed E-state index contributed by atoms with van der Waals surface area (Å²) in [6, 6.07) is 2.61. The highest BCUT2D eigenvalue weighted by atomic mass is 16.6. The summed E-state index contributed by atoms with van der Waals surface area (Å²) in [7, 11) is 1.48. The van der Waals surface area contributed by atoms with Gasteiger partial charge < -0.3 is 30.1 Å². The summed E-state index contributed by atoms with van der Waals surface area (Å²) in [5.74, 6) is -1.63. The Morgan fingerprint density at radius 3 is 2.31 bits per heavy atom. The quantitative estimate of drug-likeness (QED) is 0.392. The number of nitrogens with zero attached hydrogens (tertiary/aromatic N) is 1. The second-order valence-corrected chi connectivity index (χ2v) is 9.75. The van der Waals surface area contributed by atoms with Crippen molar-refractivity contribution in [3.8, 4) is 5.75 Å². The van der Waals surface area contributed by atoms with Crippen molar-refractivity contribution in [1.82, 2.24) is 15.5 Å². The predicted molar refractivity (Wildman–Crippen MR) is 135 cm³/mol. The van der Waals surface area contributed by atoms with E-state index < -0.39 is 41.6 Å². The minimum Gasteiger partial charge on any atom is -0.508 e. The Hall–Kier alpha value is -3.30. The van der Waals surface area contributed by atoms with E-state index in [0.29, 0.717) is 17.5 Å². The first-order valence-corrected chi connectivity index (χ1v) is 12.2. The SMILES string of the molecule is CCOC(=O)CCNC(=O)C(c1ccc(O)c(C)c1)N(C)C(=O)C(NC(=O)OC(C)(C)C)C(C)CC. The molecule has 0 saturated heterocycles. The zero-order chi connectivity index (χ0) is 27.6. The lowest BCUT2D eigenvalue weighted by atomic mass is 9.95. The summed E-state index contributed by atoms with van der Waals surface area (Å²) in [5.41, 5.74) is 0.252. The molecule has 0 radical (unpaired) electrons. The fraction of sp³-hybridized carbons (Fsp3) is 0.615.